The minimum Gasteiger partial charge on any atom is -0.341 e. The summed E-state index contributed by atoms with van der Waals surface area (Å²) in [6.07, 6.45) is 6.95. The molecule has 1 aromatic heterocycles. The summed E-state index contributed by atoms with van der Waals surface area (Å²) in [5.74, 6) is -0.202. The molecule has 6 nitrogen and oxygen atoms in total. The molecule has 0 atom stereocenters. The molecule has 1 aromatic carbocycles. The highest BCUT2D eigenvalue weighted by atomic mass is 32.2. The van der Waals surface area contributed by atoms with Crippen LogP contribution >= 0.6 is 0 Å². The van der Waals surface area contributed by atoms with E-state index in [2.05, 4.69) is 16.6 Å². The van der Waals surface area contributed by atoms with Gasteiger partial charge in [-0.3, -0.25) is 9.78 Å². The van der Waals surface area contributed by atoms with Crippen LogP contribution < -0.4 is 4.72 Å². The standard InChI is InChI=1S/C20H27N3O3S/c1-3-4-5-12-22-27(25,26)19-8-6-7-18(16-19)20(24)23(2)15-11-17-9-13-21-14-10-17/h6-10,13-14,16,22H,3-5,11-12,15H2,1-2H3. The van der Waals surface area contributed by atoms with E-state index in [9.17, 15) is 13.2 Å². The molecular formula is C20H27N3O3S. The van der Waals surface area contributed by atoms with Gasteiger partial charge in [0.2, 0.25) is 10.0 Å². The predicted octanol–water partition coefficient (Wildman–Crippen LogP) is 2.86. The van der Waals surface area contributed by atoms with Crippen molar-refractivity contribution in [2.45, 2.75) is 37.5 Å². The maximum absolute atomic E-state index is 12.6. The van der Waals surface area contributed by atoms with Crippen LogP contribution in [0.2, 0.25) is 0 Å². The zero-order valence-corrected chi connectivity index (χ0v) is 16.7. The van der Waals surface area contributed by atoms with E-state index in [0.717, 1.165) is 24.8 Å². The number of sulfonamides is 1. The number of nitrogens with zero attached hydrogens (tertiary/aromatic N) is 2. The number of amides is 1. The van der Waals surface area contributed by atoms with Crippen LogP contribution in [0.15, 0.2) is 53.7 Å². The first-order valence-electron chi connectivity index (χ1n) is 9.18. The molecule has 0 saturated carbocycles. The van der Waals surface area contributed by atoms with Gasteiger partial charge in [-0.15, -0.1) is 0 Å². The molecule has 27 heavy (non-hydrogen) atoms. The van der Waals surface area contributed by atoms with Gasteiger partial charge in [0, 0.05) is 38.1 Å². The van der Waals surface area contributed by atoms with Gasteiger partial charge in [-0.1, -0.05) is 25.8 Å². The SMILES string of the molecule is CCCCCNS(=O)(=O)c1cccc(C(=O)N(C)CCc2ccncc2)c1. The third-order valence-electron chi connectivity index (χ3n) is 4.30. The molecule has 0 bridgehead atoms. The van der Waals surface area contributed by atoms with E-state index in [1.54, 1.807) is 36.5 Å². The zero-order valence-electron chi connectivity index (χ0n) is 15.9. The molecular weight excluding hydrogens is 362 g/mol. The Morgan fingerprint density at radius 1 is 1.15 bits per heavy atom. The Morgan fingerprint density at radius 3 is 2.59 bits per heavy atom. The van der Waals surface area contributed by atoms with Crippen molar-refractivity contribution in [3.63, 3.8) is 0 Å². The number of carbonyl (C=O) groups is 1. The first-order chi connectivity index (χ1) is 12.9. The van der Waals surface area contributed by atoms with Gasteiger partial charge in [-0.2, -0.15) is 0 Å². The van der Waals surface area contributed by atoms with E-state index in [-0.39, 0.29) is 10.8 Å². The van der Waals surface area contributed by atoms with Crippen molar-refractivity contribution in [1.82, 2.24) is 14.6 Å². The number of benzene rings is 1. The van der Waals surface area contributed by atoms with Crippen molar-refractivity contribution < 1.29 is 13.2 Å². The number of unbranched alkanes of at least 4 members (excludes halogenated alkanes) is 2. The van der Waals surface area contributed by atoms with Gasteiger partial charge in [-0.25, -0.2) is 13.1 Å². The highest BCUT2D eigenvalue weighted by Gasteiger charge is 2.17. The number of rotatable bonds is 10. The summed E-state index contributed by atoms with van der Waals surface area (Å²) in [5, 5.41) is 0. The molecule has 7 heteroatoms. The summed E-state index contributed by atoms with van der Waals surface area (Å²) in [6.45, 7) is 3.00. The van der Waals surface area contributed by atoms with Crippen LogP contribution in [0.3, 0.4) is 0 Å². The van der Waals surface area contributed by atoms with E-state index in [4.69, 9.17) is 0 Å². The Morgan fingerprint density at radius 2 is 1.89 bits per heavy atom. The molecule has 0 spiro atoms. The van der Waals surface area contributed by atoms with Crippen molar-refractivity contribution >= 4 is 15.9 Å². The summed E-state index contributed by atoms with van der Waals surface area (Å²) in [6, 6.07) is 10.0. The highest BCUT2D eigenvalue weighted by Crippen LogP contribution is 2.13. The minimum absolute atomic E-state index is 0.118. The lowest BCUT2D eigenvalue weighted by atomic mass is 10.1. The zero-order chi connectivity index (χ0) is 19.7. The molecule has 0 unspecified atom stereocenters. The Balaban J connectivity index is 2.01. The average Bonchev–Trinajstić information content (AvgIpc) is 2.69. The van der Waals surface area contributed by atoms with Crippen molar-refractivity contribution in [3.05, 3.63) is 59.9 Å². The van der Waals surface area contributed by atoms with Crippen LogP contribution in [0.5, 0.6) is 0 Å². The van der Waals surface area contributed by atoms with Crippen LogP contribution in [0.4, 0.5) is 0 Å². The normalized spacial score (nSPS) is 11.3. The molecule has 146 valence electrons. The Bertz CT molecular complexity index is 839. The fourth-order valence-electron chi connectivity index (χ4n) is 2.63. The predicted molar refractivity (Wildman–Crippen MR) is 106 cm³/mol. The van der Waals surface area contributed by atoms with Gasteiger partial charge in [-0.05, 0) is 48.7 Å². The van der Waals surface area contributed by atoms with E-state index in [0.29, 0.717) is 25.1 Å². The smallest absolute Gasteiger partial charge is 0.253 e. The second-order valence-corrected chi connectivity index (χ2v) is 8.23. The first kappa shape index (κ1) is 21.1. The lowest BCUT2D eigenvalue weighted by molar-refractivity contribution is 0.0796. The number of pyridine rings is 1. The fraction of sp³-hybridized carbons (Fsp3) is 0.400. The molecule has 1 heterocycles. The average molecular weight is 390 g/mol. The van der Waals surface area contributed by atoms with Gasteiger partial charge in [0.05, 0.1) is 4.90 Å². The lowest BCUT2D eigenvalue weighted by Crippen LogP contribution is -2.29. The van der Waals surface area contributed by atoms with Crippen LogP contribution in [0.25, 0.3) is 0 Å². The Labute approximate surface area is 161 Å². The van der Waals surface area contributed by atoms with Gasteiger partial charge >= 0.3 is 0 Å². The molecule has 0 saturated heterocycles. The molecule has 1 amide bonds. The van der Waals surface area contributed by atoms with Crippen molar-refractivity contribution in [2.75, 3.05) is 20.1 Å². The van der Waals surface area contributed by atoms with Gasteiger partial charge in [0.15, 0.2) is 0 Å². The van der Waals surface area contributed by atoms with Crippen molar-refractivity contribution in [1.29, 1.82) is 0 Å². The number of nitrogens with one attached hydrogen (secondary N) is 1. The molecule has 0 aliphatic heterocycles. The number of aromatic nitrogens is 1. The Hall–Kier alpha value is -2.25. The van der Waals surface area contributed by atoms with Crippen LogP contribution in [0, 0.1) is 0 Å². The van der Waals surface area contributed by atoms with Gasteiger partial charge in [0.1, 0.15) is 0 Å². The van der Waals surface area contributed by atoms with E-state index in [1.165, 1.54) is 12.1 Å². The third-order valence-corrected chi connectivity index (χ3v) is 5.75. The number of hydrogen-bond donors (Lipinski definition) is 1. The van der Waals surface area contributed by atoms with Gasteiger partial charge < -0.3 is 4.90 Å². The molecule has 0 aliphatic carbocycles. The van der Waals surface area contributed by atoms with Gasteiger partial charge in [0.25, 0.3) is 5.91 Å². The third kappa shape index (κ3) is 6.45. The number of likely N-dealkylation sites (N-methyl/N-ethyl adjacent to an activating group) is 1. The van der Waals surface area contributed by atoms with Crippen LogP contribution in [0.1, 0.15) is 42.1 Å². The summed E-state index contributed by atoms with van der Waals surface area (Å²) in [7, 11) is -1.89. The fourth-order valence-corrected chi connectivity index (χ4v) is 3.75. The summed E-state index contributed by atoms with van der Waals surface area (Å²) in [4.78, 5) is 18.3. The summed E-state index contributed by atoms with van der Waals surface area (Å²) >= 11 is 0. The molecule has 0 radical (unpaired) electrons. The summed E-state index contributed by atoms with van der Waals surface area (Å²) in [5.41, 5.74) is 1.46. The molecule has 2 aromatic rings. The maximum Gasteiger partial charge on any atom is 0.253 e. The van der Waals surface area contributed by atoms with E-state index < -0.39 is 10.0 Å². The Kier molecular flexibility index (Phi) is 7.94. The number of carbonyl (C=O) groups excluding carboxylic acids is 1. The number of hydrogen-bond acceptors (Lipinski definition) is 4. The molecule has 0 fully saturated rings. The second kappa shape index (κ2) is 10.2. The first-order valence-corrected chi connectivity index (χ1v) is 10.7. The second-order valence-electron chi connectivity index (χ2n) is 6.46. The molecule has 0 aliphatic rings. The van der Waals surface area contributed by atoms with Crippen molar-refractivity contribution in [2.24, 2.45) is 0 Å². The van der Waals surface area contributed by atoms with Crippen LogP contribution in [-0.2, 0) is 16.4 Å². The van der Waals surface area contributed by atoms with Crippen LogP contribution in [-0.4, -0.2) is 44.3 Å². The largest absolute Gasteiger partial charge is 0.341 e. The lowest BCUT2D eigenvalue weighted by Gasteiger charge is -2.17. The molecule has 2 rings (SSSR count). The summed E-state index contributed by atoms with van der Waals surface area (Å²) < 4.78 is 27.4. The minimum atomic E-state index is -3.61. The maximum atomic E-state index is 12.6. The monoisotopic (exact) mass is 389 g/mol. The van der Waals surface area contributed by atoms with E-state index in [1.807, 2.05) is 12.1 Å². The quantitative estimate of drug-likeness (QED) is 0.634. The van der Waals surface area contributed by atoms with Crippen molar-refractivity contribution in [3.8, 4) is 0 Å². The topological polar surface area (TPSA) is 79.4 Å². The molecule has 1 N–H and O–H groups in total. The van der Waals surface area contributed by atoms with E-state index >= 15 is 0 Å². The highest BCUT2D eigenvalue weighted by molar-refractivity contribution is 7.89.